The first kappa shape index (κ1) is 27.5. The second-order valence-corrected chi connectivity index (χ2v) is 10.9. The summed E-state index contributed by atoms with van der Waals surface area (Å²) < 4.78 is 0. The average Bonchev–Trinajstić information content (AvgIpc) is 3.01. The molecule has 206 valence electrons. The molecule has 5 rings (SSSR count). The minimum Gasteiger partial charge on any atom is -0.347 e. The van der Waals surface area contributed by atoms with Gasteiger partial charge in [0.2, 0.25) is 0 Å². The van der Waals surface area contributed by atoms with Crippen LogP contribution in [0, 0.1) is 16.0 Å². The summed E-state index contributed by atoms with van der Waals surface area (Å²) in [5.74, 6) is -0.220. The number of hydrogen-bond donors (Lipinski definition) is 1. The van der Waals surface area contributed by atoms with Crippen molar-refractivity contribution in [1.29, 1.82) is 0 Å². The first-order valence-electron chi connectivity index (χ1n) is 14.0. The number of benzene rings is 2. The molecule has 1 N–H and O–H groups in total. The number of piperidine rings is 1. The van der Waals surface area contributed by atoms with E-state index in [9.17, 15) is 14.9 Å². The highest BCUT2D eigenvalue weighted by Crippen LogP contribution is 2.41. The standard InChI is InChI=1S/C33H36N4O3/c1-25-24-28(37(39)40)15-16-29(25)30(35-32(38)31-14-8-9-20-34-31)17-21-36-22-18-33(19-23-36,26-10-4-2-5-11-26)27-12-6-3-7-13-27/h2-15,20,24,29-30H,16-19,21-23H2,1H3,(H,35,38). The van der Waals surface area contributed by atoms with Crippen molar-refractivity contribution in [3.8, 4) is 0 Å². The molecule has 3 aromatic rings. The molecule has 0 bridgehead atoms. The molecule has 7 nitrogen and oxygen atoms in total. The van der Waals surface area contributed by atoms with Gasteiger partial charge in [0.05, 0.1) is 4.92 Å². The number of aromatic nitrogens is 1. The van der Waals surface area contributed by atoms with Gasteiger partial charge in [-0.2, -0.15) is 0 Å². The van der Waals surface area contributed by atoms with Crippen LogP contribution in [0.5, 0.6) is 0 Å². The minimum atomic E-state index is -0.347. The number of likely N-dealkylation sites (tertiary alicyclic amines) is 1. The van der Waals surface area contributed by atoms with Crippen LogP contribution in [0.3, 0.4) is 0 Å². The summed E-state index contributed by atoms with van der Waals surface area (Å²) in [6, 6.07) is 26.8. The van der Waals surface area contributed by atoms with Gasteiger partial charge in [-0.1, -0.05) is 72.3 Å². The molecule has 1 amide bonds. The fourth-order valence-electron chi connectivity index (χ4n) is 6.29. The van der Waals surface area contributed by atoms with E-state index in [1.54, 1.807) is 36.5 Å². The number of nitrogens with zero attached hydrogens (tertiary/aromatic N) is 3. The fraction of sp³-hybridized carbons (Fsp3) is 0.333. The molecule has 1 aliphatic heterocycles. The lowest BCUT2D eigenvalue weighted by Crippen LogP contribution is -2.47. The number of carbonyl (C=O) groups is 1. The van der Waals surface area contributed by atoms with E-state index in [1.807, 2.05) is 6.92 Å². The Bertz CT molecular complexity index is 1320. The van der Waals surface area contributed by atoms with Crippen molar-refractivity contribution in [3.63, 3.8) is 0 Å². The quantitative estimate of drug-likeness (QED) is 0.277. The third kappa shape index (κ3) is 6.05. The summed E-state index contributed by atoms with van der Waals surface area (Å²) >= 11 is 0. The lowest BCUT2D eigenvalue weighted by atomic mass is 9.68. The van der Waals surface area contributed by atoms with E-state index in [0.717, 1.165) is 44.5 Å². The van der Waals surface area contributed by atoms with E-state index in [2.05, 4.69) is 75.9 Å². The first-order chi connectivity index (χ1) is 19.5. The normalized spacial score (nSPS) is 19.7. The maximum atomic E-state index is 13.1. The average molecular weight is 537 g/mol. The third-order valence-corrected chi connectivity index (χ3v) is 8.57. The molecule has 0 spiro atoms. The van der Waals surface area contributed by atoms with Crippen molar-refractivity contribution in [2.24, 2.45) is 5.92 Å². The Morgan fingerprint density at radius 3 is 2.20 bits per heavy atom. The number of carbonyl (C=O) groups excluding carboxylic acids is 1. The molecule has 40 heavy (non-hydrogen) atoms. The van der Waals surface area contributed by atoms with E-state index in [0.29, 0.717) is 12.1 Å². The Hall–Kier alpha value is -4.10. The molecule has 2 aromatic carbocycles. The Labute approximate surface area is 235 Å². The van der Waals surface area contributed by atoms with Gasteiger partial charge in [-0.05, 0) is 75.0 Å². The molecule has 0 saturated carbocycles. The molecule has 2 unspecified atom stereocenters. The predicted octanol–water partition coefficient (Wildman–Crippen LogP) is 5.78. The smallest absolute Gasteiger partial charge is 0.270 e. The Morgan fingerprint density at radius 1 is 1.02 bits per heavy atom. The van der Waals surface area contributed by atoms with Crippen LogP contribution < -0.4 is 5.32 Å². The number of pyridine rings is 1. The van der Waals surface area contributed by atoms with Crippen LogP contribution in [0.15, 0.2) is 108 Å². The van der Waals surface area contributed by atoms with Crippen LogP contribution in [-0.2, 0) is 5.41 Å². The number of nitro groups is 1. The predicted molar refractivity (Wildman–Crippen MR) is 156 cm³/mol. The van der Waals surface area contributed by atoms with Crippen molar-refractivity contribution < 1.29 is 9.72 Å². The second-order valence-electron chi connectivity index (χ2n) is 10.9. The maximum absolute atomic E-state index is 13.1. The highest BCUT2D eigenvalue weighted by Gasteiger charge is 2.38. The van der Waals surface area contributed by atoms with Crippen molar-refractivity contribution in [2.45, 2.75) is 44.1 Å². The summed E-state index contributed by atoms with van der Waals surface area (Å²) in [4.78, 5) is 30.8. The zero-order valence-electron chi connectivity index (χ0n) is 22.9. The summed E-state index contributed by atoms with van der Waals surface area (Å²) in [7, 11) is 0. The van der Waals surface area contributed by atoms with E-state index in [1.165, 1.54) is 11.1 Å². The maximum Gasteiger partial charge on any atom is 0.270 e. The first-order valence-corrected chi connectivity index (χ1v) is 14.0. The Kier molecular flexibility index (Phi) is 8.51. The van der Waals surface area contributed by atoms with Crippen molar-refractivity contribution >= 4 is 5.91 Å². The van der Waals surface area contributed by atoms with Crippen LogP contribution >= 0.6 is 0 Å². The van der Waals surface area contributed by atoms with Gasteiger partial charge in [0.25, 0.3) is 11.6 Å². The molecule has 1 saturated heterocycles. The molecular weight excluding hydrogens is 500 g/mol. The fourth-order valence-corrected chi connectivity index (χ4v) is 6.29. The van der Waals surface area contributed by atoms with Crippen LogP contribution in [0.25, 0.3) is 0 Å². The third-order valence-electron chi connectivity index (χ3n) is 8.57. The number of amides is 1. The molecule has 2 atom stereocenters. The highest BCUT2D eigenvalue weighted by atomic mass is 16.6. The molecule has 7 heteroatoms. The van der Waals surface area contributed by atoms with Gasteiger partial charge in [-0.3, -0.25) is 19.9 Å². The van der Waals surface area contributed by atoms with Crippen molar-refractivity contribution in [1.82, 2.24) is 15.2 Å². The van der Waals surface area contributed by atoms with E-state index in [4.69, 9.17) is 0 Å². The minimum absolute atomic E-state index is 0.00567. The van der Waals surface area contributed by atoms with Gasteiger partial charge in [0.1, 0.15) is 5.69 Å². The van der Waals surface area contributed by atoms with E-state index in [-0.39, 0.29) is 33.9 Å². The van der Waals surface area contributed by atoms with Gasteiger partial charge in [-0.15, -0.1) is 0 Å². The van der Waals surface area contributed by atoms with Crippen LogP contribution in [0.1, 0.15) is 54.2 Å². The second kappa shape index (κ2) is 12.4. The van der Waals surface area contributed by atoms with Crippen LogP contribution in [-0.4, -0.2) is 46.4 Å². The van der Waals surface area contributed by atoms with Gasteiger partial charge >= 0.3 is 0 Å². The SMILES string of the molecule is CC1=CC([N+](=O)[O-])=CCC1C(CCN1CCC(c2ccccc2)(c2ccccc2)CC1)NC(=O)c1ccccn1. The molecule has 1 aliphatic carbocycles. The molecule has 2 aliphatic rings. The lowest BCUT2D eigenvalue weighted by Gasteiger charge is -2.43. The van der Waals surface area contributed by atoms with Crippen LogP contribution in [0.2, 0.25) is 0 Å². The number of allylic oxidation sites excluding steroid dienone is 2. The van der Waals surface area contributed by atoms with E-state index < -0.39 is 0 Å². The van der Waals surface area contributed by atoms with Gasteiger partial charge in [-0.25, -0.2) is 0 Å². The number of rotatable bonds is 9. The summed E-state index contributed by atoms with van der Waals surface area (Å²) in [5, 5.41) is 14.6. The summed E-state index contributed by atoms with van der Waals surface area (Å²) in [5.41, 5.74) is 4.12. The van der Waals surface area contributed by atoms with Crippen molar-refractivity contribution in [2.75, 3.05) is 19.6 Å². The monoisotopic (exact) mass is 536 g/mol. The van der Waals surface area contributed by atoms with Gasteiger partial charge in [0.15, 0.2) is 0 Å². The summed E-state index contributed by atoms with van der Waals surface area (Å²) in [6.07, 6.45) is 8.24. The van der Waals surface area contributed by atoms with Gasteiger partial charge < -0.3 is 10.2 Å². The molecule has 1 aromatic heterocycles. The Balaban J connectivity index is 1.30. The molecule has 2 heterocycles. The number of nitrogens with one attached hydrogen (secondary N) is 1. The summed E-state index contributed by atoms with van der Waals surface area (Å²) in [6.45, 7) is 4.67. The molecule has 0 radical (unpaired) electrons. The lowest BCUT2D eigenvalue weighted by molar-refractivity contribution is -0.419. The van der Waals surface area contributed by atoms with E-state index >= 15 is 0 Å². The molecular formula is C33H36N4O3. The largest absolute Gasteiger partial charge is 0.347 e. The zero-order valence-corrected chi connectivity index (χ0v) is 22.9. The topological polar surface area (TPSA) is 88.4 Å². The van der Waals surface area contributed by atoms with Crippen molar-refractivity contribution in [3.05, 3.63) is 135 Å². The molecule has 1 fully saturated rings. The highest BCUT2D eigenvalue weighted by molar-refractivity contribution is 5.92. The number of hydrogen-bond acceptors (Lipinski definition) is 5. The van der Waals surface area contributed by atoms with Crippen LogP contribution in [0.4, 0.5) is 0 Å². The Morgan fingerprint density at radius 2 is 1.65 bits per heavy atom. The van der Waals surface area contributed by atoms with Gasteiger partial charge in [0, 0.05) is 36.2 Å². The zero-order chi connectivity index (χ0) is 28.0.